The predicted octanol–water partition coefficient (Wildman–Crippen LogP) is 3.03. The quantitative estimate of drug-likeness (QED) is 0.918. The number of rotatable bonds is 5. The van der Waals surface area contributed by atoms with Crippen LogP contribution < -0.4 is 5.73 Å². The number of halogens is 2. The van der Waals surface area contributed by atoms with Crippen molar-refractivity contribution in [3.05, 3.63) is 45.9 Å². The molecule has 0 radical (unpaired) electrons. The summed E-state index contributed by atoms with van der Waals surface area (Å²) in [6.45, 7) is 2.54. The molecule has 2 rings (SSSR count). The molecule has 4 nitrogen and oxygen atoms in total. The molecule has 0 amide bonds. The Morgan fingerprint density at radius 2 is 2.26 bits per heavy atom. The maximum atomic E-state index is 13.4. The van der Waals surface area contributed by atoms with Crippen molar-refractivity contribution >= 4 is 15.9 Å². The third-order valence-corrected chi connectivity index (χ3v) is 3.79. The minimum Gasteiger partial charge on any atom is -0.323 e. The molecule has 2 aromatic rings. The molecule has 19 heavy (non-hydrogen) atoms. The van der Waals surface area contributed by atoms with Gasteiger partial charge in [0.2, 0.25) is 0 Å². The van der Waals surface area contributed by atoms with Gasteiger partial charge in [-0.15, -0.1) is 5.10 Å². The van der Waals surface area contributed by atoms with Crippen LogP contribution >= 0.6 is 15.9 Å². The van der Waals surface area contributed by atoms with Crippen LogP contribution in [0.2, 0.25) is 0 Å². The number of hydrogen-bond acceptors (Lipinski definition) is 3. The lowest BCUT2D eigenvalue weighted by atomic mass is 10.1. The third-order valence-electron chi connectivity index (χ3n) is 2.90. The van der Waals surface area contributed by atoms with Gasteiger partial charge < -0.3 is 5.73 Å². The van der Waals surface area contributed by atoms with E-state index >= 15 is 0 Å². The smallest absolute Gasteiger partial charge is 0.137 e. The molecule has 0 aliphatic heterocycles. The fourth-order valence-electron chi connectivity index (χ4n) is 1.86. The predicted molar refractivity (Wildman–Crippen MR) is 75.1 cm³/mol. The van der Waals surface area contributed by atoms with Crippen LogP contribution in [0.1, 0.15) is 37.1 Å². The zero-order chi connectivity index (χ0) is 13.8. The first-order valence-electron chi connectivity index (χ1n) is 6.20. The normalized spacial score (nSPS) is 12.6. The van der Waals surface area contributed by atoms with Gasteiger partial charge in [0.1, 0.15) is 5.82 Å². The van der Waals surface area contributed by atoms with Gasteiger partial charge in [-0.05, 0) is 34.0 Å². The van der Waals surface area contributed by atoms with Gasteiger partial charge in [0.25, 0.3) is 0 Å². The van der Waals surface area contributed by atoms with E-state index in [2.05, 4.69) is 33.2 Å². The summed E-state index contributed by atoms with van der Waals surface area (Å²) < 4.78 is 15.5. The van der Waals surface area contributed by atoms with Crippen LogP contribution in [0.15, 0.2) is 28.9 Å². The lowest BCUT2D eigenvalue weighted by Gasteiger charge is -2.06. The highest BCUT2D eigenvalue weighted by molar-refractivity contribution is 9.10. The number of hydrogen-bond donors (Lipinski definition) is 1. The van der Waals surface area contributed by atoms with Gasteiger partial charge in [-0.3, -0.25) is 0 Å². The van der Waals surface area contributed by atoms with Crippen molar-refractivity contribution in [2.24, 2.45) is 5.73 Å². The van der Waals surface area contributed by atoms with E-state index in [9.17, 15) is 4.39 Å². The molecule has 1 aromatic carbocycles. The fraction of sp³-hybridized carbons (Fsp3) is 0.385. The Balaban J connectivity index is 2.14. The topological polar surface area (TPSA) is 56.7 Å². The van der Waals surface area contributed by atoms with E-state index in [0.29, 0.717) is 11.0 Å². The second-order valence-corrected chi connectivity index (χ2v) is 5.24. The van der Waals surface area contributed by atoms with Gasteiger partial charge in [-0.25, -0.2) is 9.07 Å². The summed E-state index contributed by atoms with van der Waals surface area (Å²) in [6, 6.07) is 4.85. The Bertz CT molecular complexity index is 555. The van der Waals surface area contributed by atoms with Gasteiger partial charge >= 0.3 is 0 Å². The highest BCUT2D eigenvalue weighted by Gasteiger charge is 2.11. The number of nitrogens with two attached hydrogens (primary N) is 1. The highest BCUT2D eigenvalue weighted by atomic mass is 79.9. The Kier molecular flexibility index (Phi) is 4.66. The Morgan fingerprint density at radius 1 is 1.47 bits per heavy atom. The van der Waals surface area contributed by atoms with Crippen molar-refractivity contribution in [1.82, 2.24) is 15.0 Å². The summed E-state index contributed by atoms with van der Waals surface area (Å²) in [6.07, 6.45) is 3.70. The minimum absolute atomic E-state index is 0.0882. The fourth-order valence-corrected chi connectivity index (χ4v) is 2.25. The second kappa shape index (κ2) is 6.25. The molecule has 1 heterocycles. The van der Waals surface area contributed by atoms with Gasteiger partial charge in [-0.1, -0.05) is 30.7 Å². The standard InChI is InChI=1S/C13H16BrFN4/c1-2-4-11(16)12-8-19(18-17-12)7-9-5-3-6-10(15)13(9)14/h3,5-6,8,11H,2,4,7,16H2,1H3. The average Bonchev–Trinajstić information content (AvgIpc) is 2.84. The Labute approximate surface area is 119 Å². The molecule has 0 aliphatic rings. The molecule has 1 unspecified atom stereocenters. The van der Waals surface area contributed by atoms with Crippen LogP contribution in [0, 0.1) is 5.82 Å². The van der Waals surface area contributed by atoms with E-state index in [1.807, 2.05) is 12.3 Å². The van der Waals surface area contributed by atoms with E-state index in [1.165, 1.54) is 6.07 Å². The number of aromatic nitrogens is 3. The first kappa shape index (κ1) is 14.1. The first-order valence-corrected chi connectivity index (χ1v) is 6.99. The molecular weight excluding hydrogens is 311 g/mol. The van der Waals surface area contributed by atoms with Crippen molar-refractivity contribution in [2.45, 2.75) is 32.4 Å². The highest BCUT2D eigenvalue weighted by Crippen LogP contribution is 2.21. The number of benzene rings is 1. The summed E-state index contributed by atoms with van der Waals surface area (Å²) in [5.41, 5.74) is 7.57. The summed E-state index contributed by atoms with van der Waals surface area (Å²) >= 11 is 3.24. The molecule has 1 atom stereocenters. The van der Waals surface area contributed by atoms with Gasteiger partial charge in [0.05, 0.1) is 29.0 Å². The zero-order valence-corrected chi connectivity index (χ0v) is 12.3. The molecule has 0 spiro atoms. The van der Waals surface area contributed by atoms with Crippen LogP contribution in [0.4, 0.5) is 4.39 Å². The van der Waals surface area contributed by atoms with Crippen molar-refractivity contribution in [1.29, 1.82) is 0 Å². The van der Waals surface area contributed by atoms with Crippen LogP contribution in [0.25, 0.3) is 0 Å². The molecule has 0 fully saturated rings. The van der Waals surface area contributed by atoms with Crippen molar-refractivity contribution < 1.29 is 4.39 Å². The maximum Gasteiger partial charge on any atom is 0.137 e. The first-order chi connectivity index (χ1) is 9.11. The molecular formula is C13H16BrFN4. The largest absolute Gasteiger partial charge is 0.323 e. The second-order valence-electron chi connectivity index (χ2n) is 4.45. The summed E-state index contributed by atoms with van der Waals surface area (Å²) in [4.78, 5) is 0. The van der Waals surface area contributed by atoms with Gasteiger partial charge in [0.15, 0.2) is 0 Å². The van der Waals surface area contributed by atoms with E-state index < -0.39 is 0 Å². The summed E-state index contributed by atoms with van der Waals surface area (Å²) in [5.74, 6) is -0.277. The van der Waals surface area contributed by atoms with Crippen LogP contribution in [0.5, 0.6) is 0 Å². The Morgan fingerprint density at radius 3 is 3.00 bits per heavy atom. The van der Waals surface area contributed by atoms with Crippen LogP contribution in [-0.4, -0.2) is 15.0 Å². The van der Waals surface area contributed by atoms with E-state index in [1.54, 1.807) is 10.7 Å². The van der Waals surface area contributed by atoms with Crippen LogP contribution in [-0.2, 0) is 6.54 Å². The van der Waals surface area contributed by atoms with E-state index in [0.717, 1.165) is 24.1 Å². The van der Waals surface area contributed by atoms with Crippen molar-refractivity contribution in [2.75, 3.05) is 0 Å². The van der Waals surface area contributed by atoms with Crippen LogP contribution in [0.3, 0.4) is 0 Å². The van der Waals surface area contributed by atoms with Crippen molar-refractivity contribution in [3.63, 3.8) is 0 Å². The van der Waals surface area contributed by atoms with Crippen molar-refractivity contribution in [3.8, 4) is 0 Å². The summed E-state index contributed by atoms with van der Waals surface area (Å²) in [7, 11) is 0. The molecule has 2 N–H and O–H groups in total. The molecule has 6 heteroatoms. The third kappa shape index (κ3) is 3.39. The molecule has 0 aliphatic carbocycles. The van der Waals surface area contributed by atoms with Gasteiger partial charge in [-0.2, -0.15) is 0 Å². The molecule has 1 aromatic heterocycles. The monoisotopic (exact) mass is 326 g/mol. The lowest BCUT2D eigenvalue weighted by molar-refractivity contribution is 0.605. The van der Waals surface area contributed by atoms with E-state index in [4.69, 9.17) is 5.73 Å². The number of nitrogens with zero attached hydrogens (tertiary/aromatic N) is 3. The zero-order valence-electron chi connectivity index (χ0n) is 10.7. The molecule has 0 saturated heterocycles. The molecule has 0 saturated carbocycles. The maximum absolute atomic E-state index is 13.4. The molecule has 102 valence electrons. The van der Waals surface area contributed by atoms with Gasteiger partial charge in [0, 0.05) is 0 Å². The molecule has 0 bridgehead atoms. The Hall–Kier alpha value is -1.27. The summed E-state index contributed by atoms with van der Waals surface area (Å²) in [5, 5.41) is 8.09. The lowest BCUT2D eigenvalue weighted by Crippen LogP contribution is -2.10. The SMILES string of the molecule is CCCC(N)c1cn(Cc2cccc(F)c2Br)nn1. The average molecular weight is 327 g/mol. The van der Waals surface area contributed by atoms with E-state index in [-0.39, 0.29) is 11.9 Å². The minimum atomic E-state index is -0.277.